The van der Waals surface area contributed by atoms with Crippen molar-refractivity contribution in [2.24, 2.45) is 0 Å². The van der Waals surface area contributed by atoms with Crippen LogP contribution in [-0.2, 0) is 103 Å². The predicted molar refractivity (Wildman–Crippen MR) is 0 cm³/mol. The van der Waals surface area contributed by atoms with Gasteiger partial charge >= 0.3 is 0 Å². The molecule has 0 fully saturated rings. The summed E-state index contributed by atoms with van der Waals surface area (Å²) < 4.78 is 0. The smallest absolute Gasteiger partial charge is 0 e. The Balaban J connectivity index is 0. The van der Waals surface area contributed by atoms with Crippen LogP contribution in [0.5, 0.6) is 0 Å². The van der Waals surface area contributed by atoms with E-state index in [1.54, 1.807) is 0 Å². The van der Waals surface area contributed by atoms with Crippen molar-refractivity contribution in [2.75, 3.05) is 0 Å². The zero-order valence-corrected chi connectivity index (χ0v) is 10.5. The van der Waals surface area contributed by atoms with Crippen LogP contribution < -0.4 is 0 Å². The van der Waals surface area contributed by atoms with Crippen LogP contribution in [0.25, 0.3) is 0 Å². The van der Waals surface area contributed by atoms with Gasteiger partial charge in [0, 0.05) is 103 Å². The molecule has 0 aliphatic carbocycles. The SMILES string of the molecule is [Ag].[Ag].[Cu].[Ti].[Zn]. The third kappa shape index (κ3) is 18.8. The van der Waals surface area contributed by atoms with Gasteiger partial charge in [-0.15, -0.1) is 0 Å². The van der Waals surface area contributed by atoms with Gasteiger partial charge in [0.05, 0.1) is 0 Å². The van der Waals surface area contributed by atoms with Crippen molar-refractivity contribution in [3.8, 4) is 0 Å². The van der Waals surface area contributed by atoms with Gasteiger partial charge in [-0.2, -0.15) is 0 Å². The molecule has 0 bridgehead atoms. The maximum Gasteiger partial charge on any atom is 0 e. The van der Waals surface area contributed by atoms with E-state index in [-0.39, 0.29) is 103 Å². The Bertz CT molecular complexity index is 9.61. The first-order valence-electron chi connectivity index (χ1n) is 0. The topological polar surface area (TPSA) is 0 Å². The molecular weight excluding hydrogens is 393 g/mol. The summed E-state index contributed by atoms with van der Waals surface area (Å²) in [5, 5.41) is 0. The molecule has 0 amide bonds. The molecule has 0 N–H and O–H groups in total. The number of rotatable bonds is 0. The van der Waals surface area contributed by atoms with Crippen molar-refractivity contribution < 1.29 is 103 Å². The first-order chi connectivity index (χ1) is 0. The van der Waals surface area contributed by atoms with Gasteiger partial charge in [-0.1, -0.05) is 0 Å². The van der Waals surface area contributed by atoms with Crippen molar-refractivity contribution in [1.29, 1.82) is 0 Å². The summed E-state index contributed by atoms with van der Waals surface area (Å²) in [6.45, 7) is 0. The Morgan fingerprint density at radius 3 is 0.800 bits per heavy atom. The van der Waals surface area contributed by atoms with Crippen molar-refractivity contribution in [1.82, 2.24) is 0 Å². The summed E-state index contributed by atoms with van der Waals surface area (Å²) in [7, 11) is 0. The van der Waals surface area contributed by atoms with Crippen LogP contribution in [0.2, 0.25) is 0 Å². The van der Waals surface area contributed by atoms with Crippen LogP contribution in [0.15, 0.2) is 0 Å². The molecule has 0 nitrogen and oxygen atoms in total. The molecule has 5 heavy (non-hydrogen) atoms. The van der Waals surface area contributed by atoms with Crippen molar-refractivity contribution in [3.05, 3.63) is 0 Å². The number of hydrogen-bond donors (Lipinski definition) is 0. The molecule has 0 saturated carbocycles. The summed E-state index contributed by atoms with van der Waals surface area (Å²) in [6.07, 6.45) is 0. The van der Waals surface area contributed by atoms with Gasteiger partial charge in [0.25, 0.3) is 0 Å². The minimum absolute atomic E-state index is 0. The maximum absolute atomic E-state index is 0. The van der Waals surface area contributed by atoms with E-state index in [1.807, 2.05) is 0 Å². The Kier molecular flexibility index (Phi) is 213. The normalized spacial score (nSPS) is 0. The molecule has 0 aromatic rings. The maximum atomic E-state index is 0. The van der Waals surface area contributed by atoms with Crippen molar-refractivity contribution in [3.63, 3.8) is 0 Å². The van der Waals surface area contributed by atoms with Crippen LogP contribution in [0, 0.1) is 0 Å². The Morgan fingerprint density at radius 2 is 0.800 bits per heavy atom. The summed E-state index contributed by atoms with van der Waals surface area (Å²) in [5.74, 6) is 0. The largest absolute Gasteiger partial charge is 0 e. The molecule has 5 heteroatoms. The van der Waals surface area contributed by atoms with Gasteiger partial charge in [-0.3, -0.25) is 0 Å². The zero-order valence-electron chi connectivity index (χ0n) is 2.11. The Hall–Kier alpha value is 3.34. The van der Waals surface area contributed by atoms with E-state index in [1.165, 1.54) is 0 Å². The molecule has 0 aliphatic rings. The second kappa shape index (κ2) is 26.5. The molecule has 0 atom stereocenters. The molecule has 0 aromatic carbocycles. The van der Waals surface area contributed by atoms with E-state index >= 15 is 0 Å². The van der Waals surface area contributed by atoms with E-state index in [4.69, 9.17) is 0 Å². The monoisotopic (exact) mass is 389 g/mol. The molecule has 3 radical (unpaired) electrons. The summed E-state index contributed by atoms with van der Waals surface area (Å²) in [5.41, 5.74) is 0. The van der Waals surface area contributed by atoms with Crippen molar-refractivity contribution >= 4 is 0 Å². The molecule has 0 aromatic heterocycles. The fourth-order valence-electron chi connectivity index (χ4n) is 0. The fraction of sp³-hybridized carbons (Fsp3) is 0. The first kappa shape index (κ1) is 40.3. The standard InChI is InChI=1S/2Ag.Cu.Ti.Zn. The average molecular weight is 393 g/mol. The van der Waals surface area contributed by atoms with E-state index in [2.05, 4.69) is 0 Å². The minimum atomic E-state index is 0. The summed E-state index contributed by atoms with van der Waals surface area (Å²) >= 11 is 0. The van der Waals surface area contributed by atoms with Crippen molar-refractivity contribution in [2.45, 2.75) is 0 Å². The van der Waals surface area contributed by atoms with E-state index in [0.717, 1.165) is 0 Å². The van der Waals surface area contributed by atoms with Gasteiger partial charge < -0.3 is 0 Å². The third-order valence-corrected chi connectivity index (χ3v) is 0. The number of hydrogen-bond acceptors (Lipinski definition) is 0. The van der Waals surface area contributed by atoms with Gasteiger partial charge in [-0.05, 0) is 0 Å². The quantitative estimate of drug-likeness (QED) is 0.509. The van der Waals surface area contributed by atoms with Gasteiger partial charge in [-0.25, -0.2) is 0 Å². The van der Waals surface area contributed by atoms with E-state index < -0.39 is 0 Å². The summed E-state index contributed by atoms with van der Waals surface area (Å²) in [4.78, 5) is 0. The van der Waals surface area contributed by atoms with Crippen LogP contribution in [0.3, 0.4) is 0 Å². The second-order valence-corrected chi connectivity index (χ2v) is 0. The van der Waals surface area contributed by atoms with E-state index in [0.29, 0.717) is 0 Å². The second-order valence-electron chi connectivity index (χ2n) is 0. The Labute approximate surface area is 101 Å². The average Bonchev–Trinajstić information content (AvgIpc) is 0. The molecule has 0 unspecified atom stereocenters. The third-order valence-electron chi connectivity index (χ3n) is 0. The molecular formula is Ag2CuTiZn. The predicted octanol–water partition coefficient (Wildman–Crippen LogP) is -0.0125. The Morgan fingerprint density at radius 1 is 0.800 bits per heavy atom. The van der Waals surface area contributed by atoms with Crippen LogP contribution in [0.4, 0.5) is 0 Å². The minimum Gasteiger partial charge on any atom is 0 e. The van der Waals surface area contributed by atoms with Crippen LogP contribution in [0.1, 0.15) is 0 Å². The van der Waals surface area contributed by atoms with Gasteiger partial charge in [0.1, 0.15) is 0 Å². The van der Waals surface area contributed by atoms with Gasteiger partial charge in [0.15, 0.2) is 0 Å². The summed E-state index contributed by atoms with van der Waals surface area (Å²) in [6, 6.07) is 0. The molecule has 0 rings (SSSR count). The van der Waals surface area contributed by atoms with Crippen LogP contribution >= 0.6 is 0 Å². The molecule has 0 spiro atoms. The fourth-order valence-corrected chi connectivity index (χ4v) is 0. The van der Waals surface area contributed by atoms with Gasteiger partial charge in [0.2, 0.25) is 0 Å². The molecule has 39 valence electrons. The van der Waals surface area contributed by atoms with E-state index in [9.17, 15) is 0 Å². The van der Waals surface area contributed by atoms with Crippen LogP contribution in [-0.4, -0.2) is 0 Å². The molecule has 0 heterocycles. The molecule has 0 saturated heterocycles. The zero-order chi connectivity index (χ0) is 0. The molecule has 0 aliphatic heterocycles. The first-order valence-corrected chi connectivity index (χ1v) is 0.